The molecule has 1 fully saturated rings. The molecule has 1 saturated heterocycles. The maximum atomic E-state index is 13.1. The standard InChI is InChI=1S/C14H13FN2OS/c15-11-5-3-4-10(8-11)9-12-13(18)16-14(19-12)17-6-1-2-7-17/h3-5,8-9H,1-2,6-7H2/b12-9-. The van der Waals surface area contributed by atoms with Crippen molar-refractivity contribution >= 4 is 28.9 Å². The van der Waals surface area contributed by atoms with Crippen LogP contribution in [0.1, 0.15) is 18.4 Å². The van der Waals surface area contributed by atoms with Gasteiger partial charge in [0.15, 0.2) is 5.17 Å². The number of rotatable bonds is 1. The lowest BCUT2D eigenvalue weighted by molar-refractivity contribution is -0.113. The van der Waals surface area contributed by atoms with E-state index in [1.807, 2.05) is 0 Å². The van der Waals surface area contributed by atoms with E-state index in [2.05, 4.69) is 9.89 Å². The Kier molecular flexibility index (Phi) is 3.38. The fraction of sp³-hybridized carbons (Fsp3) is 0.286. The van der Waals surface area contributed by atoms with E-state index in [-0.39, 0.29) is 11.7 Å². The van der Waals surface area contributed by atoms with Gasteiger partial charge in [0.1, 0.15) is 5.82 Å². The van der Waals surface area contributed by atoms with Gasteiger partial charge in [-0.1, -0.05) is 12.1 Å². The number of carbonyl (C=O) groups is 1. The highest BCUT2D eigenvalue weighted by molar-refractivity contribution is 8.18. The number of carbonyl (C=O) groups excluding carboxylic acids is 1. The van der Waals surface area contributed by atoms with E-state index in [1.54, 1.807) is 18.2 Å². The number of aliphatic imine (C=N–C) groups is 1. The van der Waals surface area contributed by atoms with Gasteiger partial charge in [-0.05, 0) is 48.4 Å². The molecule has 0 unspecified atom stereocenters. The summed E-state index contributed by atoms with van der Waals surface area (Å²) in [6, 6.07) is 6.21. The Hall–Kier alpha value is -1.62. The van der Waals surface area contributed by atoms with E-state index < -0.39 is 0 Å². The van der Waals surface area contributed by atoms with Crippen molar-refractivity contribution in [2.45, 2.75) is 12.8 Å². The molecule has 5 heteroatoms. The average Bonchev–Trinajstić information content (AvgIpc) is 3.00. The molecule has 0 bridgehead atoms. The Balaban J connectivity index is 1.79. The van der Waals surface area contributed by atoms with E-state index in [0.29, 0.717) is 10.5 Å². The Bertz CT molecular complexity index is 577. The smallest absolute Gasteiger partial charge is 0.286 e. The molecule has 0 aliphatic carbocycles. The first-order chi connectivity index (χ1) is 9.22. The minimum absolute atomic E-state index is 0.226. The van der Waals surface area contributed by atoms with Crippen LogP contribution in [0, 0.1) is 5.82 Å². The SMILES string of the molecule is O=C1N=C(N2CCCC2)S/C1=C\c1cccc(F)c1. The van der Waals surface area contributed by atoms with Crippen molar-refractivity contribution in [1.82, 2.24) is 4.90 Å². The summed E-state index contributed by atoms with van der Waals surface area (Å²) < 4.78 is 13.1. The molecule has 0 aromatic heterocycles. The summed E-state index contributed by atoms with van der Waals surface area (Å²) in [5.41, 5.74) is 0.689. The summed E-state index contributed by atoms with van der Waals surface area (Å²) in [4.78, 5) is 18.6. The van der Waals surface area contributed by atoms with Gasteiger partial charge in [-0.15, -0.1) is 0 Å². The first-order valence-corrected chi connectivity index (χ1v) is 7.07. The van der Waals surface area contributed by atoms with Gasteiger partial charge in [0.05, 0.1) is 4.91 Å². The monoisotopic (exact) mass is 276 g/mol. The molecular formula is C14H13FN2OS. The third-order valence-electron chi connectivity index (χ3n) is 3.13. The highest BCUT2D eigenvalue weighted by Crippen LogP contribution is 2.31. The van der Waals surface area contributed by atoms with E-state index in [9.17, 15) is 9.18 Å². The number of halogens is 1. The summed E-state index contributed by atoms with van der Waals surface area (Å²) in [7, 11) is 0. The second kappa shape index (κ2) is 5.17. The van der Waals surface area contributed by atoms with Gasteiger partial charge >= 0.3 is 0 Å². The van der Waals surface area contributed by atoms with Gasteiger partial charge in [-0.25, -0.2) is 4.39 Å². The predicted octanol–water partition coefficient (Wildman–Crippen LogP) is 2.89. The highest BCUT2D eigenvalue weighted by Gasteiger charge is 2.27. The number of likely N-dealkylation sites (tertiary alicyclic amines) is 1. The fourth-order valence-corrected chi connectivity index (χ4v) is 3.15. The van der Waals surface area contributed by atoms with Crippen LogP contribution >= 0.6 is 11.8 Å². The van der Waals surface area contributed by atoms with Crippen molar-refractivity contribution in [1.29, 1.82) is 0 Å². The van der Waals surface area contributed by atoms with Crippen LogP contribution < -0.4 is 0 Å². The molecule has 0 spiro atoms. The van der Waals surface area contributed by atoms with E-state index in [4.69, 9.17) is 0 Å². The molecule has 0 saturated carbocycles. The number of thioether (sulfide) groups is 1. The zero-order chi connectivity index (χ0) is 13.2. The van der Waals surface area contributed by atoms with Crippen molar-refractivity contribution in [3.63, 3.8) is 0 Å². The van der Waals surface area contributed by atoms with Gasteiger partial charge in [-0.2, -0.15) is 4.99 Å². The number of nitrogens with zero attached hydrogens (tertiary/aromatic N) is 2. The molecule has 1 amide bonds. The highest BCUT2D eigenvalue weighted by atomic mass is 32.2. The molecule has 2 aliphatic heterocycles. The molecule has 3 nitrogen and oxygen atoms in total. The summed E-state index contributed by atoms with van der Waals surface area (Å²) in [5.74, 6) is -0.526. The molecule has 19 heavy (non-hydrogen) atoms. The van der Waals surface area contributed by atoms with Crippen molar-refractivity contribution in [3.05, 3.63) is 40.6 Å². The lowest BCUT2D eigenvalue weighted by Crippen LogP contribution is -2.23. The maximum Gasteiger partial charge on any atom is 0.286 e. The number of hydrogen-bond donors (Lipinski definition) is 0. The number of hydrogen-bond acceptors (Lipinski definition) is 3. The predicted molar refractivity (Wildman–Crippen MR) is 75.2 cm³/mol. The molecule has 1 aromatic rings. The second-order valence-corrected chi connectivity index (χ2v) is 5.57. The quantitative estimate of drug-likeness (QED) is 0.739. The number of amidine groups is 1. The fourth-order valence-electron chi connectivity index (χ4n) is 2.19. The van der Waals surface area contributed by atoms with Gasteiger partial charge in [-0.3, -0.25) is 4.79 Å². The normalized spacial score (nSPS) is 21.3. The Morgan fingerprint density at radius 2 is 2.11 bits per heavy atom. The molecule has 3 rings (SSSR count). The van der Waals surface area contributed by atoms with E-state index in [0.717, 1.165) is 31.1 Å². The lowest BCUT2D eigenvalue weighted by Gasteiger charge is -2.14. The number of amides is 1. The molecule has 98 valence electrons. The van der Waals surface area contributed by atoms with Crippen LogP contribution in [-0.4, -0.2) is 29.1 Å². The van der Waals surface area contributed by atoms with E-state index in [1.165, 1.54) is 23.9 Å². The minimum atomic E-state index is -0.300. The zero-order valence-electron chi connectivity index (χ0n) is 10.3. The van der Waals surface area contributed by atoms with Crippen LogP contribution in [0.5, 0.6) is 0 Å². The van der Waals surface area contributed by atoms with Crippen LogP contribution in [-0.2, 0) is 4.79 Å². The Morgan fingerprint density at radius 3 is 2.84 bits per heavy atom. The maximum absolute atomic E-state index is 13.1. The zero-order valence-corrected chi connectivity index (χ0v) is 11.1. The third-order valence-corrected chi connectivity index (χ3v) is 4.18. The van der Waals surface area contributed by atoms with Crippen LogP contribution in [0.3, 0.4) is 0 Å². The summed E-state index contributed by atoms with van der Waals surface area (Å²) >= 11 is 1.38. The molecule has 0 N–H and O–H groups in total. The minimum Gasteiger partial charge on any atom is -0.351 e. The number of benzene rings is 1. The van der Waals surface area contributed by atoms with Crippen LogP contribution in [0.2, 0.25) is 0 Å². The topological polar surface area (TPSA) is 32.7 Å². The van der Waals surface area contributed by atoms with Gasteiger partial charge in [0, 0.05) is 13.1 Å². The summed E-state index contributed by atoms with van der Waals surface area (Å²) in [5, 5.41) is 0.783. The lowest BCUT2D eigenvalue weighted by atomic mass is 10.2. The van der Waals surface area contributed by atoms with Gasteiger partial charge in [0.25, 0.3) is 5.91 Å². The van der Waals surface area contributed by atoms with Crippen molar-refractivity contribution < 1.29 is 9.18 Å². The largest absolute Gasteiger partial charge is 0.351 e. The Labute approximate surface area is 115 Å². The van der Waals surface area contributed by atoms with Crippen LogP contribution in [0.15, 0.2) is 34.2 Å². The molecule has 1 aromatic carbocycles. The summed E-state index contributed by atoms with van der Waals surface area (Å²) in [6.45, 7) is 1.93. The summed E-state index contributed by atoms with van der Waals surface area (Å²) in [6.07, 6.45) is 4.00. The third kappa shape index (κ3) is 2.71. The van der Waals surface area contributed by atoms with Crippen molar-refractivity contribution in [3.8, 4) is 0 Å². The van der Waals surface area contributed by atoms with Crippen LogP contribution in [0.25, 0.3) is 6.08 Å². The molecule has 0 radical (unpaired) electrons. The van der Waals surface area contributed by atoms with Gasteiger partial charge < -0.3 is 4.90 Å². The molecule has 2 aliphatic rings. The Morgan fingerprint density at radius 1 is 1.32 bits per heavy atom. The van der Waals surface area contributed by atoms with Crippen LogP contribution in [0.4, 0.5) is 4.39 Å². The van der Waals surface area contributed by atoms with Crippen molar-refractivity contribution in [2.75, 3.05) is 13.1 Å². The average molecular weight is 276 g/mol. The first-order valence-electron chi connectivity index (χ1n) is 6.25. The van der Waals surface area contributed by atoms with E-state index >= 15 is 0 Å². The molecule has 2 heterocycles. The molecular weight excluding hydrogens is 263 g/mol. The first kappa shape index (κ1) is 12.4. The van der Waals surface area contributed by atoms with Gasteiger partial charge in [0.2, 0.25) is 0 Å². The molecule has 0 atom stereocenters. The van der Waals surface area contributed by atoms with Crippen molar-refractivity contribution in [2.24, 2.45) is 4.99 Å². The second-order valence-electron chi connectivity index (χ2n) is 4.56.